The van der Waals surface area contributed by atoms with Crippen molar-refractivity contribution in [2.45, 2.75) is 12.8 Å². The summed E-state index contributed by atoms with van der Waals surface area (Å²) in [6.07, 6.45) is 2.38. The second-order valence-corrected chi connectivity index (χ2v) is 3.59. The monoisotopic (exact) mass is 197 g/mol. The standard InChI is InChI=1S/C8H15N5O/c1-13-8(10-11-12-13)9-5-7-3-2-4-14-6-7/h7H,2-6H2,1H3,(H,9,10,12). The van der Waals surface area contributed by atoms with Crippen LogP contribution in [-0.4, -0.2) is 40.0 Å². The van der Waals surface area contributed by atoms with Crippen LogP contribution < -0.4 is 5.32 Å². The zero-order valence-electron chi connectivity index (χ0n) is 8.31. The third-order valence-corrected chi connectivity index (χ3v) is 2.42. The van der Waals surface area contributed by atoms with E-state index in [-0.39, 0.29) is 0 Å². The van der Waals surface area contributed by atoms with E-state index in [1.54, 1.807) is 4.68 Å². The molecule has 1 aromatic heterocycles. The summed E-state index contributed by atoms with van der Waals surface area (Å²) < 4.78 is 7.01. The molecule has 0 aromatic carbocycles. The van der Waals surface area contributed by atoms with Crippen LogP contribution in [0.15, 0.2) is 0 Å². The number of rotatable bonds is 3. The number of nitrogens with one attached hydrogen (secondary N) is 1. The molecule has 1 saturated heterocycles. The predicted octanol–water partition coefficient (Wildman–Crippen LogP) is 0.0486. The maximum absolute atomic E-state index is 5.38. The average Bonchev–Trinajstić information content (AvgIpc) is 2.63. The van der Waals surface area contributed by atoms with Crippen molar-refractivity contribution in [2.75, 3.05) is 25.1 Å². The van der Waals surface area contributed by atoms with Gasteiger partial charge in [0.1, 0.15) is 0 Å². The molecular formula is C8H15N5O. The minimum Gasteiger partial charge on any atom is -0.381 e. The Bertz CT molecular complexity index is 281. The minimum atomic E-state index is 0.584. The summed E-state index contributed by atoms with van der Waals surface area (Å²) in [4.78, 5) is 0. The summed E-state index contributed by atoms with van der Waals surface area (Å²) in [5, 5.41) is 14.4. The number of anilines is 1. The third-order valence-electron chi connectivity index (χ3n) is 2.42. The summed E-state index contributed by atoms with van der Waals surface area (Å²) in [5.74, 6) is 1.30. The van der Waals surface area contributed by atoms with E-state index in [0.29, 0.717) is 5.92 Å². The fraction of sp³-hybridized carbons (Fsp3) is 0.875. The van der Waals surface area contributed by atoms with Crippen molar-refractivity contribution < 1.29 is 4.74 Å². The molecule has 2 heterocycles. The second-order valence-electron chi connectivity index (χ2n) is 3.59. The maximum atomic E-state index is 5.38. The average molecular weight is 197 g/mol. The summed E-state index contributed by atoms with van der Waals surface area (Å²) in [6, 6.07) is 0. The Labute approximate surface area is 82.6 Å². The highest BCUT2D eigenvalue weighted by molar-refractivity contribution is 5.20. The van der Waals surface area contributed by atoms with Crippen LogP contribution in [-0.2, 0) is 11.8 Å². The molecule has 2 rings (SSSR count). The molecule has 0 aliphatic carbocycles. The van der Waals surface area contributed by atoms with Crippen molar-refractivity contribution in [2.24, 2.45) is 13.0 Å². The fourth-order valence-corrected chi connectivity index (χ4v) is 1.58. The quantitative estimate of drug-likeness (QED) is 0.741. The van der Waals surface area contributed by atoms with Gasteiger partial charge in [0.05, 0.1) is 6.61 Å². The number of aromatic nitrogens is 4. The normalized spacial score (nSPS) is 22.2. The van der Waals surface area contributed by atoms with E-state index in [1.807, 2.05) is 7.05 Å². The highest BCUT2D eigenvalue weighted by Crippen LogP contribution is 2.13. The van der Waals surface area contributed by atoms with E-state index >= 15 is 0 Å². The molecule has 1 N–H and O–H groups in total. The molecule has 1 aromatic rings. The van der Waals surface area contributed by atoms with Crippen LogP contribution in [0.1, 0.15) is 12.8 Å². The Kier molecular flexibility index (Phi) is 2.93. The number of hydrogen-bond acceptors (Lipinski definition) is 5. The summed E-state index contributed by atoms with van der Waals surface area (Å²) in [5.41, 5.74) is 0. The van der Waals surface area contributed by atoms with Gasteiger partial charge in [0.2, 0.25) is 5.95 Å². The minimum absolute atomic E-state index is 0.584. The zero-order chi connectivity index (χ0) is 9.80. The van der Waals surface area contributed by atoms with Gasteiger partial charge < -0.3 is 10.1 Å². The van der Waals surface area contributed by atoms with Crippen LogP contribution in [0.2, 0.25) is 0 Å². The Morgan fingerprint density at radius 3 is 3.21 bits per heavy atom. The molecule has 1 aliphatic heterocycles. The van der Waals surface area contributed by atoms with Crippen LogP contribution in [0.3, 0.4) is 0 Å². The lowest BCUT2D eigenvalue weighted by Gasteiger charge is -2.21. The first-order chi connectivity index (χ1) is 6.86. The SMILES string of the molecule is Cn1nnnc1NCC1CCCOC1. The van der Waals surface area contributed by atoms with Crippen LogP contribution in [0, 0.1) is 5.92 Å². The van der Waals surface area contributed by atoms with Gasteiger partial charge in [-0.25, -0.2) is 4.68 Å². The Hall–Kier alpha value is -1.17. The van der Waals surface area contributed by atoms with Crippen molar-refractivity contribution in [3.63, 3.8) is 0 Å². The van der Waals surface area contributed by atoms with Gasteiger partial charge in [0, 0.05) is 20.2 Å². The topological polar surface area (TPSA) is 64.9 Å². The van der Waals surface area contributed by atoms with Crippen molar-refractivity contribution in [3.8, 4) is 0 Å². The molecule has 0 spiro atoms. The molecule has 0 amide bonds. The van der Waals surface area contributed by atoms with Gasteiger partial charge in [0.25, 0.3) is 0 Å². The predicted molar refractivity (Wildman–Crippen MR) is 50.8 cm³/mol. The second kappa shape index (κ2) is 4.36. The van der Waals surface area contributed by atoms with E-state index in [4.69, 9.17) is 4.74 Å². The first-order valence-corrected chi connectivity index (χ1v) is 4.90. The van der Waals surface area contributed by atoms with Gasteiger partial charge in [-0.3, -0.25) is 0 Å². The lowest BCUT2D eigenvalue weighted by Crippen LogP contribution is -2.25. The molecule has 0 saturated carbocycles. The number of tetrazole rings is 1. The molecule has 1 aliphatic rings. The lowest BCUT2D eigenvalue weighted by molar-refractivity contribution is 0.0594. The van der Waals surface area contributed by atoms with Crippen LogP contribution in [0.5, 0.6) is 0 Å². The Morgan fingerprint density at radius 2 is 2.57 bits per heavy atom. The van der Waals surface area contributed by atoms with Crippen LogP contribution >= 0.6 is 0 Å². The number of aryl methyl sites for hydroxylation is 1. The number of ether oxygens (including phenoxy) is 1. The van der Waals surface area contributed by atoms with Crippen LogP contribution in [0.4, 0.5) is 5.95 Å². The van der Waals surface area contributed by atoms with E-state index in [0.717, 1.165) is 32.1 Å². The zero-order valence-corrected chi connectivity index (χ0v) is 8.31. The molecule has 1 unspecified atom stereocenters. The highest BCUT2D eigenvalue weighted by atomic mass is 16.5. The lowest BCUT2D eigenvalue weighted by atomic mass is 10.0. The Balaban J connectivity index is 1.79. The first-order valence-electron chi connectivity index (χ1n) is 4.90. The highest BCUT2D eigenvalue weighted by Gasteiger charge is 2.14. The molecule has 14 heavy (non-hydrogen) atoms. The van der Waals surface area contributed by atoms with Crippen molar-refractivity contribution >= 4 is 5.95 Å². The van der Waals surface area contributed by atoms with E-state index in [1.165, 1.54) is 6.42 Å². The maximum Gasteiger partial charge on any atom is 0.242 e. The van der Waals surface area contributed by atoms with Crippen molar-refractivity contribution in [1.82, 2.24) is 20.2 Å². The molecule has 0 bridgehead atoms. The van der Waals surface area contributed by atoms with Gasteiger partial charge in [-0.15, -0.1) is 0 Å². The molecule has 1 fully saturated rings. The van der Waals surface area contributed by atoms with Gasteiger partial charge in [-0.1, -0.05) is 5.10 Å². The largest absolute Gasteiger partial charge is 0.381 e. The van der Waals surface area contributed by atoms with Crippen molar-refractivity contribution in [3.05, 3.63) is 0 Å². The summed E-state index contributed by atoms with van der Waals surface area (Å²) in [6.45, 7) is 2.63. The van der Waals surface area contributed by atoms with Crippen LogP contribution in [0.25, 0.3) is 0 Å². The van der Waals surface area contributed by atoms with Gasteiger partial charge in [-0.05, 0) is 29.2 Å². The summed E-state index contributed by atoms with van der Waals surface area (Å²) in [7, 11) is 1.82. The summed E-state index contributed by atoms with van der Waals surface area (Å²) >= 11 is 0. The molecule has 78 valence electrons. The van der Waals surface area contributed by atoms with Crippen molar-refractivity contribution in [1.29, 1.82) is 0 Å². The van der Waals surface area contributed by atoms with E-state index in [2.05, 4.69) is 20.8 Å². The molecular weight excluding hydrogens is 182 g/mol. The van der Waals surface area contributed by atoms with Gasteiger partial charge >= 0.3 is 0 Å². The van der Waals surface area contributed by atoms with Gasteiger partial charge in [-0.2, -0.15) is 0 Å². The number of nitrogens with zero attached hydrogens (tertiary/aromatic N) is 4. The Morgan fingerprint density at radius 1 is 1.64 bits per heavy atom. The third kappa shape index (κ3) is 2.20. The molecule has 1 atom stereocenters. The first kappa shape index (κ1) is 9.39. The van der Waals surface area contributed by atoms with Gasteiger partial charge in [0.15, 0.2) is 0 Å². The molecule has 0 radical (unpaired) electrons. The smallest absolute Gasteiger partial charge is 0.242 e. The van der Waals surface area contributed by atoms with E-state index < -0.39 is 0 Å². The van der Waals surface area contributed by atoms with E-state index in [9.17, 15) is 0 Å². The number of hydrogen-bond donors (Lipinski definition) is 1. The molecule has 6 nitrogen and oxygen atoms in total. The fourth-order valence-electron chi connectivity index (χ4n) is 1.58. The molecule has 6 heteroatoms.